The van der Waals surface area contributed by atoms with Crippen LogP contribution in [-0.2, 0) is 0 Å². The molecule has 0 N–H and O–H groups in total. The molecule has 0 atom stereocenters. The number of hydrogen-bond acceptors (Lipinski definition) is 2. The molecule has 96 valence electrons. The van der Waals surface area contributed by atoms with Gasteiger partial charge in [0.05, 0.1) is 0 Å². The van der Waals surface area contributed by atoms with Gasteiger partial charge in [-0.05, 0) is 0 Å². The lowest BCUT2D eigenvalue weighted by Gasteiger charge is -2.13. The largest absolute Gasteiger partial charge is 0.371 e. The Morgan fingerprint density at radius 1 is 0.684 bits per heavy atom. The van der Waals surface area contributed by atoms with Gasteiger partial charge in [-0.1, -0.05) is 60.7 Å². The van der Waals surface area contributed by atoms with E-state index in [1.807, 2.05) is 0 Å². The normalized spacial score (nSPS) is 11.1. The van der Waals surface area contributed by atoms with E-state index in [1.165, 1.54) is 48.5 Å². The molecule has 2 aromatic carbocycles. The van der Waals surface area contributed by atoms with Gasteiger partial charge in [-0.25, -0.2) is 0 Å². The quantitative estimate of drug-likeness (QED) is 0.623. The summed E-state index contributed by atoms with van der Waals surface area (Å²) in [5.74, 6) is -7.02. The highest BCUT2D eigenvalue weighted by Gasteiger charge is 2.47. The van der Waals surface area contributed by atoms with Crippen LogP contribution in [0.3, 0.4) is 0 Å². The third-order valence-electron chi connectivity index (χ3n) is 2.64. The molecule has 19 heavy (non-hydrogen) atoms. The fourth-order valence-electron chi connectivity index (χ4n) is 1.64. The van der Waals surface area contributed by atoms with Crippen molar-refractivity contribution in [1.29, 1.82) is 0 Å². The van der Waals surface area contributed by atoms with E-state index in [1.54, 1.807) is 12.1 Å². The zero-order valence-corrected chi connectivity index (χ0v) is 9.85. The fourth-order valence-corrected chi connectivity index (χ4v) is 1.64. The average Bonchev–Trinajstić information content (AvgIpc) is 2.47. The first-order valence-corrected chi connectivity index (χ1v) is 5.61. The van der Waals surface area contributed by atoms with E-state index in [0.29, 0.717) is 0 Å². The molecule has 0 heterocycles. The van der Waals surface area contributed by atoms with Crippen LogP contribution in [0.1, 0.15) is 20.7 Å². The van der Waals surface area contributed by atoms with Crippen molar-refractivity contribution < 1.29 is 18.4 Å². The second-order valence-corrected chi connectivity index (χ2v) is 3.96. The lowest BCUT2D eigenvalue weighted by atomic mass is 9.98. The second kappa shape index (κ2) is 5.10. The SMILES string of the molecule is O=C(c1ccccc1)C(F)(F)C(=O)c1ccccc1. The molecule has 0 aliphatic rings. The minimum atomic E-state index is -4.05. The minimum Gasteiger partial charge on any atom is -0.287 e. The van der Waals surface area contributed by atoms with Gasteiger partial charge in [0.25, 0.3) is 0 Å². The first-order valence-electron chi connectivity index (χ1n) is 5.61. The van der Waals surface area contributed by atoms with Gasteiger partial charge >= 0.3 is 5.92 Å². The summed E-state index contributed by atoms with van der Waals surface area (Å²) in [7, 11) is 0. The molecular weight excluding hydrogens is 250 g/mol. The molecule has 2 aromatic rings. The number of Topliss-reactive ketones (excluding diaryl/α,β-unsaturated/α-hetero) is 2. The first-order chi connectivity index (χ1) is 9.03. The Labute approximate surface area is 108 Å². The van der Waals surface area contributed by atoms with Crippen molar-refractivity contribution in [1.82, 2.24) is 0 Å². The van der Waals surface area contributed by atoms with Crippen molar-refractivity contribution in [2.75, 3.05) is 0 Å². The molecule has 0 saturated carbocycles. The lowest BCUT2D eigenvalue weighted by Crippen LogP contribution is -2.38. The highest BCUT2D eigenvalue weighted by Crippen LogP contribution is 2.25. The fraction of sp³-hybridized carbons (Fsp3) is 0.0667. The summed E-state index contributed by atoms with van der Waals surface area (Å²) in [4.78, 5) is 23.4. The molecule has 2 nitrogen and oxygen atoms in total. The minimum absolute atomic E-state index is 0.184. The Kier molecular flexibility index (Phi) is 3.51. The Morgan fingerprint density at radius 2 is 1.00 bits per heavy atom. The third-order valence-corrected chi connectivity index (χ3v) is 2.64. The number of hydrogen-bond donors (Lipinski definition) is 0. The molecular formula is C15H10F2O2. The standard InChI is InChI=1S/C15H10F2O2/c16-15(17,13(18)11-7-3-1-4-8-11)14(19)12-9-5-2-6-10-12/h1-10H. The molecule has 2 rings (SSSR count). The zero-order chi connectivity index (χ0) is 13.9. The maximum absolute atomic E-state index is 13.9. The van der Waals surface area contributed by atoms with E-state index < -0.39 is 17.5 Å². The van der Waals surface area contributed by atoms with Crippen molar-refractivity contribution in [3.63, 3.8) is 0 Å². The first kappa shape index (κ1) is 13.1. The number of carbonyl (C=O) groups is 2. The van der Waals surface area contributed by atoms with E-state index >= 15 is 0 Å². The summed E-state index contributed by atoms with van der Waals surface area (Å²) in [6.07, 6.45) is 0. The van der Waals surface area contributed by atoms with Gasteiger partial charge in [-0.15, -0.1) is 0 Å². The Morgan fingerprint density at radius 3 is 1.32 bits per heavy atom. The Balaban J connectivity index is 2.33. The monoisotopic (exact) mass is 260 g/mol. The van der Waals surface area contributed by atoms with Crippen molar-refractivity contribution in [3.05, 3.63) is 71.8 Å². The predicted molar refractivity (Wildman–Crippen MR) is 66.5 cm³/mol. The van der Waals surface area contributed by atoms with Gasteiger partial charge in [0.15, 0.2) is 0 Å². The number of rotatable bonds is 4. The van der Waals surface area contributed by atoms with Crippen LogP contribution >= 0.6 is 0 Å². The number of halogens is 2. The van der Waals surface area contributed by atoms with Crippen LogP contribution in [-0.4, -0.2) is 17.5 Å². The maximum atomic E-state index is 13.9. The zero-order valence-electron chi connectivity index (χ0n) is 9.85. The lowest BCUT2D eigenvalue weighted by molar-refractivity contribution is 0.0147. The molecule has 0 spiro atoms. The van der Waals surface area contributed by atoms with Crippen LogP contribution in [0.2, 0.25) is 0 Å². The van der Waals surface area contributed by atoms with Gasteiger partial charge < -0.3 is 0 Å². The predicted octanol–water partition coefficient (Wildman–Crippen LogP) is 3.39. The summed E-state index contributed by atoms with van der Waals surface area (Å²) in [5.41, 5.74) is -0.367. The maximum Gasteiger partial charge on any atom is 0.371 e. The van der Waals surface area contributed by atoms with E-state index in [-0.39, 0.29) is 11.1 Å². The summed E-state index contributed by atoms with van der Waals surface area (Å²) in [6, 6.07) is 14.1. The van der Waals surface area contributed by atoms with E-state index in [4.69, 9.17) is 0 Å². The smallest absolute Gasteiger partial charge is 0.287 e. The van der Waals surface area contributed by atoms with E-state index in [2.05, 4.69) is 0 Å². The molecule has 0 aliphatic carbocycles. The van der Waals surface area contributed by atoms with E-state index in [9.17, 15) is 18.4 Å². The van der Waals surface area contributed by atoms with Crippen molar-refractivity contribution in [2.24, 2.45) is 0 Å². The summed E-state index contributed by atoms with van der Waals surface area (Å²) in [6.45, 7) is 0. The van der Waals surface area contributed by atoms with Crippen LogP contribution in [0.15, 0.2) is 60.7 Å². The Bertz CT molecular complexity index is 539. The average molecular weight is 260 g/mol. The molecule has 0 unspecified atom stereocenters. The van der Waals surface area contributed by atoms with Crippen molar-refractivity contribution >= 4 is 11.6 Å². The molecule has 0 bridgehead atoms. The van der Waals surface area contributed by atoms with Gasteiger partial charge in [0, 0.05) is 11.1 Å². The number of alkyl halides is 2. The molecule has 4 heteroatoms. The third kappa shape index (κ3) is 2.57. The van der Waals surface area contributed by atoms with Crippen molar-refractivity contribution in [2.45, 2.75) is 5.92 Å². The molecule has 0 radical (unpaired) electrons. The number of benzene rings is 2. The van der Waals surface area contributed by atoms with E-state index in [0.717, 1.165) is 0 Å². The summed E-state index contributed by atoms with van der Waals surface area (Å²) < 4.78 is 27.8. The highest BCUT2D eigenvalue weighted by atomic mass is 19.3. The summed E-state index contributed by atoms with van der Waals surface area (Å²) in [5, 5.41) is 0. The second-order valence-electron chi connectivity index (χ2n) is 3.96. The number of ketones is 2. The van der Waals surface area contributed by atoms with Crippen LogP contribution in [0.5, 0.6) is 0 Å². The molecule has 0 saturated heterocycles. The van der Waals surface area contributed by atoms with Gasteiger partial charge in [-0.3, -0.25) is 9.59 Å². The molecule has 0 fully saturated rings. The molecule has 0 aromatic heterocycles. The van der Waals surface area contributed by atoms with Crippen LogP contribution in [0, 0.1) is 0 Å². The molecule has 0 aliphatic heterocycles. The Hall–Kier alpha value is -2.36. The van der Waals surface area contributed by atoms with Crippen LogP contribution in [0.25, 0.3) is 0 Å². The van der Waals surface area contributed by atoms with Crippen molar-refractivity contribution in [3.8, 4) is 0 Å². The summed E-state index contributed by atoms with van der Waals surface area (Å²) >= 11 is 0. The molecule has 0 amide bonds. The van der Waals surface area contributed by atoms with Gasteiger partial charge in [0.2, 0.25) is 11.6 Å². The van der Waals surface area contributed by atoms with Gasteiger partial charge in [-0.2, -0.15) is 8.78 Å². The topological polar surface area (TPSA) is 34.1 Å². The van der Waals surface area contributed by atoms with Crippen LogP contribution in [0.4, 0.5) is 8.78 Å². The number of carbonyl (C=O) groups excluding carboxylic acids is 2. The van der Waals surface area contributed by atoms with Crippen LogP contribution < -0.4 is 0 Å². The highest BCUT2D eigenvalue weighted by molar-refractivity contribution is 6.21. The van der Waals surface area contributed by atoms with Gasteiger partial charge in [0.1, 0.15) is 0 Å².